The fourth-order valence-corrected chi connectivity index (χ4v) is 2.95. The van der Waals surface area contributed by atoms with Gasteiger partial charge in [-0.15, -0.1) is 11.3 Å². The molecule has 4 nitrogen and oxygen atoms in total. The molecule has 1 aliphatic rings. The van der Waals surface area contributed by atoms with E-state index in [0.29, 0.717) is 0 Å². The Morgan fingerprint density at radius 1 is 1.75 bits per heavy atom. The van der Waals surface area contributed by atoms with E-state index in [-0.39, 0.29) is 5.91 Å². The van der Waals surface area contributed by atoms with Crippen molar-refractivity contribution in [3.05, 3.63) is 21.9 Å². The largest absolute Gasteiger partial charge is 0.299 e. The molecule has 0 saturated carbocycles. The van der Waals surface area contributed by atoms with Crippen LogP contribution in [0.2, 0.25) is 0 Å². The third-order valence-corrected chi connectivity index (χ3v) is 3.94. The van der Waals surface area contributed by atoms with E-state index in [1.165, 1.54) is 17.8 Å². The monoisotopic (exact) mass is 239 g/mol. The van der Waals surface area contributed by atoms with Gasteiger partial charge in [0.2, 0.25) is 0 Å². The smallest absolute Gasteiger partial charge is 0.275 e. The molecule has 0 spiro atoms. The summed E-state index contributed by atoms with van der Waals surface area (Å²) in [6.45, 7) is 5.37. The van der Waals surface area contributed by atoms with Crippen LogP contribution in [-0.2, 0) is 6.54 Å². The number of hydrogen-bond acceptors (Lipinski definition) is 4. The second kappa shape index (κ2) is 4.95. The van der Waals surface area contributed by atoms with Crippen LogP contribution in [0.3, 0.4) is 0 Å². The molecule has 0 aliphatic carbocycles. The summed E-state index contributed by atoms with van der Waals surface area (Å²) in [4.78, 5) is 14.6. The van der Waals surface area contributed by atoms with Crippen LogP contribution in [-0.4, -0.2) is 23.9 Å². The Morgan fingerprint density at radius 2 is 2.56 bits per heavy atom. The zero-order chi connectivity index (χ0) is 11.5. The number of likely N-dealkylation sites (tertiary alicyclic amines) is 1. The first-order chi connectivity index (χ1) is 7.70. The van der Waals surface area contributed by atoms with E-state index in [0.717, 1.165) is 36.0 Å². The molecule has 88 valence electrons. The maximum atomic E-state index is 11.5. The number of nitrogen functional groups attached to an aromatic ring is 1. The van der Waals surface area contributed by atoms with Crippen LogP contribution in [0.5, 0.6) is 0 Å². The number of thiophene rings is 1. The predicted octanol–water partition coefficient (Wildman–Crippen LogP) is 1.19. The highest BCUT2D eigenvalue weighted by atomic mass is 32.1. The van der Waals surface area contributed by atoms with Gasteiger partial charge in [0.15, 0.2) is 0 Å². The fraction of sp³-hybridized carbons (Fsp3) is 0.545. The first-order valence-corrected chi connectivity index (χ1v) is 6.38. The average Bonchev–Trinajstić information content (AvgIpc) is 2.87. The van der Waals surface area contributed by atoms with Crippen LogP contribution in [0.15, 0.2) is 11.4 Å². The minimum Gasteiger partial charge on any atom is -0.299 e. The number of rotatable bonds is 3. The molecule has 0 bridgehead atoms. The van der Waals surface area contributed by atoms with Crippen LogP contribution in [0.25, 0.3) is 0 Å². The van der Waals surface area contributed by atoms with Crippen molar-refractivity contribution in [2.75, 3.05) is 13.1 Å². The molecule has 1 aliphatic heterocycles. The van der Waals surface area contributed by atoms with E-state index in [1.807, 2.05) is 11.4 Å². The first-order valence-electron chi connectivity index (χ1n) is 5.50. The van der Waals surface area contributed by atoms with Gasteiger partial charge in [0.1, 0.15) is 0 Å². The quantitative estimate of drug-likeness (QED) is 0.473. The third-order valence-electron chi connectivity index (χ3n) is 2.99. The van der Waals surface area contributed by atoms with E-state index >= 15 is 0 Å². The molecule has 1 unspecified atom stereocenters. The van der Waals surface area contributed by atoms with Gasteiger partial charge in [0.05, 0.1) is 4.88 Å². The molecule has 2 rings (SSSR count). The van der Waals surface area contributed by atoms with Gasteiger partial charge in [-0.1, -0.05) is 6.92 Å². The Morgan fingerprint density at radius 3 is 3.19 bits per heavy atom. The lowest BCUT2D eigenvalue weighted by Crippen LogP contribution is -2.30. The summed E-state index contributed by atoms with van der Waals surface area (Å²) in [6, 6.07) is 2.01. The van der Waals surface area contributed by atoms with Gasteiger partial charge in [-0.2, -0.15) is 0 Å². The maximum absolute atomic E-state index is 11.5. The minimum atomic E-state index is -0.183. The van der Waals surface area contributed by atoms with Crippen LogP contribution in [0.1, 0.15) is 28.6 Å². The molecule has 1 fully saturated rings. The number of hydrogen-bond donors (Lipinski definition) is 2. The Labute approximate surface area is 99.4 Å². The van der Waals surface area contributed by atoms with Crippen LogP contribution in [0.4, 0.5) is 0 Å². The summed E-state index contributed by atoms with van der Waals surface area (Å²) in [6.07, 6.45) is 1.25. The molecule has 16 heavy (non-hydrogen) atoms. The molecule has 0 aromatic carbocycles. The summed E-state index contributed by atoms with van der Waals surface area (Å²) in [5.41, 5.74) is 3.28. The third kappa shape index (κ3) is 2.42. The lowest BCUT2D eigenvalue weighted by Gasteiger charge is -2.15. The molecule has 1 aromatic rings. The van der Waals surface area contributed by atoms with Crippen molar-refractivity contribution in [2.24, 2.45) is 11.8 Å². The van der Waals surface area contributed by atoms with E-state index in [9.17, 15) is 4.79 Å². The van der Waals surface area contributed by atoms with Gasteiger partial charge < -0.3 is 0 Å². The van der Waals surface area contributed by atoms with Gasteiger partial charge in [-0.3, -0.25) is 15.1 Å². The molecule has 0 radical (unpaired) electrons. The maximum Gasteiger partial charge on any atom is 0.275 e. The highest BCUT2D eigenvalue weighted by Crippen LogP contribution is 2.22. The lowest BCUT2D eigenvalue weighted by atomic mass is 10.2. The number of hydrazine groups is 1. The first kappa shape index (κ1) is 11.6. The second-order valence-corrected chi connectivity index (χ2v) is 5.29. The van der Waals surface area contributed by atoms with Crippen LogP contribution < -0.4 is 11.3 Å². The van der Waals surface area contributed by atoms with E-state index < -0.39 is 0 Å². The van der Waals surface area contributed by atoms with Gasteiger partial charge in [0.25, 0.3) is 5.91 Å². The molecule has 1 aromatic heterocycles. The van der Waals surface area contributed by atoms with Gasteiger partial charge in [0, 0.05) is 13.1 Å². The summed E-state index contributed by atoms with van der Waals surface area (Å²) in [5.74, 6) is 5.74. The fourth-order valence-electron chi connectivity index (χ4n) is 2.14. The molecule has 1 amide bonds. The molecular formula is C11H17N3OS. The van der Waals surface area contributed by atoms with E-state index in [4.69, 9.17) is 5.84 Å². The summed E-state index contributed by atoms with van der Waals surface area (Å²) in [7, 11) is 0. The van der Waals surface area contributed by atoms with Gasteiger partial charge in [-0.05, 0) is 35.9 Å². The summed E-state index contributed by atoms with van der Waals surface area (Å²) < 4.78 is 0. The molecule has 2 heterocycles. The SMILES string of the molecule is CC1CCN(Cc2ccsc2C(=O)NN)C1. The number of nitrogens with zero attached hydrogens (tertiary/aromatic N) is 1. The Bertz CT molecular complexity index is 377. The minimum absolute atomic E-state index is 0.183. The van der Waals surface area contributed by atoms with Crippen LogP contribution >= 0.6 is 11.3 Å². The standard InChI is InChI=1S/C11H17N3OS/c1-8-2-4-14(6-8)7-9-3-5-16-10(9)11(15)13-12/h3,5,8H,2,4,6-7,12H2,1H3,(H,13,15). The van der Waals surface area contributed by atoms with Crippen molar-refractivity contribution in [1.29, 1.82) is 0 Å². The molecule has 1 atom stereocenters. The van der Waals surface area contributed by atoms with Crippen LogP contribution in [0, 0.1) is 5.92 Å². The second-order valence-electron chi connectivity index (χ2n) is 4.38. The topological polar surface area (TPSA) is 58.4 Å². The molecule has 5 heteroatoms. The number of nitrogens with one attached hydrogen (secondary N) is 1. The predicted molar refractivity (Wildman–Crippen MR) is 65.0 cm³/mol. The number of nitrogens with two attached hydrogens (primary N) is 1. The highest BCUT2D eigenvalue weighted by molar-refractivity contribution is 7.12. The summed E-state index contributed by atoms with van der Waals surface area (Å²) in [5, 5.41) is 1.94. The van der Waals surface area contributed by atoms with Crippen molar-refractivity contribution < 1.29 is 4.79 Å². The van der Waals surface area contributed by atoms with Gasteiger partial charge >= 0.3 is 0 Å². The van der Waals surface area contributed by atoms with Crippen molar-refractivity contribution in [2.45, 2.75) is 19.9 Å². The average molecular weight is 239 g/mol. The molecule has 1 saturated heterocycles. The summed E-state index contributed by atoms with van der Waals surface area (Å²) >= 11 is 1.45. The zero-order valence-electron chi connectivity index (χ0n) is 9.40. The van der Waals surface area contributed by atoms with Crippen molar-refractivity contribution in [3.63, 3.8) is 0 Å². The normalized spacial score (nSPS) is 21.2. The molecular weight excluding hydrogens is 222 g/mol. The number of carbonyl (C=O) groups excluding carboxylic acids is 1. The van der Waals surface area contributed by atoms with E-state index in [1.54, 1.807) is 0 Å². The molecule has 3 N–H and O–H groups in total. The zero-order valence-corrected chi connectivity index (χ0v) is 10.2. The van der Waals surface area contributed by atoms with Gasteiger partial charge in [-0.25, -0.2) is 5.84 Å². The Balaban J connectivity index is 2.04. The number of amides is 1. The lowest BCUT2D eigenvalue weighted by molar-refractivity contribution is 0.0956. The Kier molecular flexibility index (Phi) is 3.58. The van der Waals surface area contributed by atoms with E-state index in [2.05, 4.69) is 17.2 Å². The van der Waals surface area contributed by atoms with Crippen molar-refractivity contribution in [3.8, 4) is 0 Å². The van der Waals surface area contributed by atoms with Crippen molar-refractivity contribution >= 4 is 17.2 Å². The number of carbonyl (C=O) groups is 1. The Hall–Kier alpha value is -0.910. The highest BCUT2D eigenvalue weighted by Gasteiger charge is 2.21. The van der Waals surface area contributed by atoms with Crippen molar-refractivity contribution in [1.82, 2.24) is 10.3 Å².